The Balaban J connectivity index is 3.32. The molecule has 70 valence electrons. The molecule has 1 rings (SSSR count). The highest BCUT2D eigenvalue weighted by atomic mass is 15.0. The summed E-state index contributed by atoms with van der Waals surface area (Å²) in [7, 11) is 0. The first-order valence-electron chi connectivity index (χ1n) is 4.65. The van der Waals surface area contributed by atoms with Crippen LogP contribution in [0, 0.1) is 0 Å². The summed E-state index contributed by atoms with van der Waals surface area (Å²) in [5, 5.41) is 2.29. The van der Waals surface area contributed by atoms with Gasteiger partial charge >= 0.3 is 0 Å². The minimum Gasteiger partial charge on any atom is -0.345 e. The molecule has 0 aliphatic rings. The first kappa shape index (κ1) is 9.85. The monoisotopic (exact) mass is 175 g/mol. The molecule has 1 heteroatoms. The largest absolute Gasteiger partial charge is 0.345 e. The van der Waals surface area contributed by atoms with Crippen molar-refractivity contribution >= 4 is 12.7 Å². The van der Waals surface area contributed by atoms with Crippen LogP contribution in [0.4, 0.5) is 0 Å². The van der Waals surface area contributed by atoms with E-state index in [4.69, 9.17) is 0 Å². The molecule has 1 aromatic rings. The van der Waals surface area contributed by atoms with E-state index in [1.807, 2.05) is 19.1 Å². The van der Waals surface area contributed by atoms with Gasteiger partial charge in [0, 0.05) is 17.6 Å². The lowest BCUT2D eigenvalue weighted by Crippen LogP contribution is -2.28. The molecular weight excluding hydrogens is 158 g/mol. The Bertz CT molecular complexity index is 393. The summed E-state index contributed by atoms with van der Waals surface area (Å²) in [4.78, 5) is 0. The number of hydrogen-bond donors (Lipinski definition) is 0. The highest BCUT2D eigenvalue weighted by Gasteiger charge is 1.97. The zero-order valence-corrected chi connectivity index (χ0v) is 8.62. The van der Waals surface area contributed by atoms with Gasteiger partial charge in [0.15, 0.2) is 0 Å². The molecule has 0 aromatic carbocycles. The van der Waals surface area contributed by atoms with Crippen molar-refractivity contribution in [1.82, 2.24) is 4.57 Å². The average Bonchev–Trinajstić information content (AvgIpc) is 2.43. The molecule has 0 aliphatic heterocycles. The molecule has 0 radical (unpaired) electrons. The lowest BCUT2D eigenvalue weighted by Gasteiger charge is -2.06. The van der Waals surface area contributed by atoms with E-state index >= 15 is 0 Å². The number of nitrogens with zero attached hydrogens (tertiary/aromatic N) is 1. The van der Waals surface area contributed by atoms with Gasteiger partial charge in [-0.2, -0.15) is 0 Å². The van der Waals surface area contributed by atoms with Gasteiger partial charge in [-0.1, -0.05) is 18.7 Å². The minimum atomic E-state index is 0.493. The smallest absolute Gasteiger partial charge is 0.0476 e. The van der Waals surface area contributed by atoms with Gasteiger partial charge in [-0.3, -0.25) is 0 Å². The topological polar surface area (TPSA) is 4.93 Å². The number of aromatic nitrogens is 1. The molecular formula is C12H17N. The quantitative estimate of drug-likeness (QED) is 0.646. The van der Waals surface area contributed by atoms with E-state index in [1.165, 1.54) is 5.35 Å². The van der Waals surface area contributed by atoms with Crippen LogP contribution in [-0.2, 0) is 0 Å². The van der Waals surface area contributed by atoms with Crippen molar-refractivity contribution in [3.05, 3.63) is 35.0 Å². The van der Waals surface area contributed by atoms with E-state index in [2.05, 4.69) is 43.3 Å². The molecule has 1 heterocycles. The highest BCUT2D eigenvalue weighted by molar-refractivity contribution is 5.35. The van der Waals surface area contributed by atoms with Crippen molar-refractivity contribution in [1.29, 1.82) is 0 Å². The zero-order chi connectivity index (χ0) is 9.84. The van der Waals surface area contributed by atoms with Crippen LogP contribution in [0.1, 0.15) is 26.8 Å². The van der Waals surface area contributed by atoms with E-state index in [1.54, 1.807) is 0 Å². The molecule has 0 aliphatic carbocycles. The van der Waals surface area contributed by atoms with Gasteiger partial charge < -0.3 is 4.57 Å². The van der Waals surface area contributed by atoms with Gasteiger partial charge in [0.25, 0.3) is 0 Å². The van der Waals surface area contributed by atoms with Crippen LogP contribution >= 0.6 is 0 Å². The van der Waals surface area contributed by atoms with Crippen LogP contribution in [-0.4, -0.2) is 4.57 Å². The van der Waals surface area contributed by atoms with Gasteiger partial charge in [-0.05, 0) is 38.1 Å². The Morgan fingerprint density at radius 3 is 2.69 bits per heavy atom. The van der Waals surface area contributed by atoms with Crippen molar-refractivity contribution in [2.45, 2.75) is 26.8 Å². The van der Waals surface area contributed by atoms with Crippen molar-refractivity contribution < 1.29 is 0 Å². The second kappa shape index (κ2) is 4.13. The van der Waals surface area contributed by atoms with Gasteiger partial charge in [-0.15, -0.1) is 0 Å². The van der Waals surface area contributed by atoms with Crippen LogP contribution in [0.5, 0.6) is 0 Å². The minimum absolute atomic E-state index is 0.493. The van der Waals surface area contributed by atoms with Gasteiger partial charge in [0.05, 0.1) is 0 Å². The Hall–Kier alpha value is -1.24. The second-order valence-electron chi connectivity index (χ2n) is 3.42. The fourth-order valence-electron chi connectivity index (χ4n) is 1.33. The molecule has 0 unspecified atom stereocenters. The van der Waals surface area contributed by atoms with Gasteiger partial charge in [-0.25, -0.2) is 0 Å². The van der Waals surface area contributed by atoms with Crippen molar-refractivity contribution in [3.63, 3.8) is 0 Å². The molecule has 0 fully saturated rings. The predicted octanol–water partition coefficient (Wildman–Crippen LogP) is 1.84. The Morgan fingerprint density at radius 1 is 1.46 bits per heavy atom. The third-order valence-electron chi connectivity index (χ3n) is 2.05. The molecule has 1 aromatic heterocycles. The van der Waals surface area contributed by atoms with E-state index in [0.717, 1.165) is 5.22 Å². The summed E-state index contributed by atoms with van der Waals surface area (Å²) in [6.07, 6.45) is 8.25. The third kappa shape index (κ3) is 2.11. The molecule has 0 saturated heterocycles. The molecule has 0 atom stereocenters. The summed E-state index contributed by atoms with van der Waals surface area (Å²) in [6, 6.07) is 2.54. The molecule has 0 N–H and O–H groups in total. The van der Waals surface area contributed by atoms with Crippen molar-refractivity contribution in [2.24, 2.45) is 0 Å². The van der Waals surface area contributed by atoms with Gasteiger partial charge in [0.2, 0.25) is 0 Å². The molecule has 13 heavy (non-hydrogen) atoms. The van der Waals surface area contributed by atoms with E-state index < -0.39 is 0 Å². The Morgan fingerprint density at radius 2 is 2.15 bits per heavy atom. The van der Waals surface area contributed by atoms with Crippen LogP contribution in [0.3, 0.4) is 0 Å². The first-order chi connectivity index (χ1) is 6.16. The highest BCUT2D eigenvalue weighted by Crippen LogP contribution is 1.96. The standard InChI is InChI=1S/C12H17N/c1-5-6-7-12-11(4)8-9-13(12)10(2)3/h5-10H,4H2,1-3H3/b6-5-,12-7+. The van der Waals surface area contributed by atoms with Gasteiger partial charge in [0.1, 0.15) is 0 Å². The summed E-state index contributed by atoms with van der Waals surface area (Å²) in [5.74, 6) is 0. The molecule has 0 amide bonds. The second-order valence-corrected chi connectivity index (χ2v) is 3.42. The van der Waals surface area contributed by atoms with Crippen molar-refractivity contribution in [2.75, 3.05) is 0 Å². The maximum atomic E-state index is 3.99. The molecule has 1 nitrogen and oxygen atoms in total. The van der Waals surface area contributed by atoms with E-state index in [0.29, 0.717) is 6.04 Å². The Labute approximate surface area is 79.7 Å². The normalized spacial score (nSPS) is 13.4. The van der Waals surface area contributed by atoms with E-state index in [9.17, 15) is 0 Å². The van der Waals surface area contributed by atoms with E-state index in [-0.39, 0.29) is 0 Å². The number of allylic oxidation sites excluding steroid dienone is 2. The van der Waals surface area contributed by atoms with Crippen LogP contribution in [0.15, 0.2) is 24.4 Å². The first-order valence-corrected chi connectivity index (χ1v) is 4.65. The molecule has 0 spiro atoms. The van der Waals surface area contributed by atoms with Crippen LogP contribution in [0.2, 0.25) is 0 Å². The SMILES string of the molecule is C=c1ccn(C(C)C)/c1=C/C=C\C. The maximum Gasteiger partial charge on any atom is 0.0476 e. The fraction of sp³-hybridized carbons (Fsp3) is 0.333. The predicted molar refractivity (Wildman–Crippen MR) is 58.9 cm³/mol. The lowest BCUT2D eigenvalue weighted by molar-refractivity contribution is 0.588. The summed E-state index contributed by atoms with van der Waals surface area (Å²) < 4.78 is 2.22. The lowest BCUT2D eigenvalue weighted by atomic mass is 10.3. The number of rotatable bonds is 2. The molecule has 0 bridgehead atoms. The summed E-state index contributed by atoms with van der Waals surface area (Å²) >= 11 is 0. The number of hydrogen-bond acceptors (Lipinski definition) is 0. The Kier molecular flexibility index (Phi) is 3.13. The average molecular weight is 175 g/mol. The molecule has 0 saturated carbocycles. The van der Waals surface area contributed by atoms with Crippen molar-refractivity contribution in [3.8, 4) is 0 Å². The summed E-state index contributed by atoms with van der Waals surface area (Å²) in [6.45, 7) is 10.4. The zero-order valence-electron chi connectivity index (χ0n) is 8.62. The summed E-state index contributed by atoms with van der Waals surface area (Å²) in [5.41, 5.74) is 0. The third-order valence-corrected chi connectivity index (χ3v) is 2.05. The maximum absolute atomic E-state index is 3.99. The fourth-order valence-corrected chi connectivity index (χ4v) is 1.33. The van der Waals surface area contributed by atoms with Crippen LogP contribution < -0.4 is 10.6 Å². The van der Waals surface area contributed by atoms with Crippen LogP contribution in [0.25, 0.3) is 12.7 Å².